The summed E-state index contributed by atoms with van der Waals surface area (Å²) in [6, 6.07) is 9.35. The lowest BCUT2D eigenvalue weighted by Crippen LogP contribution is -2.08. The first-order valence-electron chi connectivity index (χ1n) is 7.14. The fourth-order valence-electron chi connectivity index (χ4n) is 1.57. The van der Waals surface area contributed by atoms with Crippen molar-refractivity contribution in [3.8, 4) is 0 Å². The maximum atomic E-state index is 11.0. The number of esters is 1. The number of benzene rings is 1. The molecule has 1 rings (SSSR count). The molecule has 0 spiro atoms. The van der Waals surface area contributed by atoms with Gasteiger partial charge in [0, 0.05) is 0 Å². The fourth-order valence-corrected chi connectivity index (χ4v) is 1.57. The summed E-state index contributed by atoms with van der Waals surface area (Å²) >= 11 is 0. The smallest absolute Gasteiger partial charge is 0.313 e. The van der Waals surface area contributed by atoms with Crippen LogP contribution in [0, 0.1) is 5.92 Å². The number of hydrogen-bond acceptors (Lipinski definition) is 3. The van der Waals surface area contributed by atoms with Crippen LogP contribution in [0.5, 0.6) is 0 Å². The van der Waals surface area contributed by atoms with Crippen LogP contribution in [0.4, 0.5) is 0 Å². The molecule has 3 nitrogen and oxygen atoms in total. The van der Waals surface area contributed by atoms with E-state index in [0.717, 1.165) is 11.5 Å². The van der Waals surface area contributed by atoms with Gasteiger partial charge in [0.15, 0.2) is 0 Å². The van der Waals surface area contributed by atoms with Crippen LogP contribution in [0.1, 0.15) is 52.5 Å². The van der Waals surface area contributed by atoms with Gasteiger partial charge in [-0.2, -0.15) is 0 Å². The molecule has 0 amide bonds. The van der Waals surface area contributed by atoms with Crippen molar-refractivity contribution in [3.05, 3.63) is 35.9 Å². The highest BCUT2D eigenvalue weighted by Crippen LogP contribution is 2.01. The maximum absolute atomic E-state index is 11.0. The molecule has 0 bridgehead atoms. The Kier molecular flexibility index (Phi) is 10.3. The van der Waals surface area contributed by atoms with Crippen LogP contribution in [-0.2, 0) is 20.9 Å². The second-order valence-corrected chi connectivity index (χ2v) is 5.21. The van der Waals surface area contributed by atoms with Crippen molar-refractivity contribution >= 4 is 11.8 Å². The van der Waals surface area contributed by atoms with Gasteiger partial charge in [-0.15, -0.1) is 0 Å². The summed E-state index contributed by atoms with van der Waals surface area (Å²) < 4.78 is 4.88. The molecule has 0 unspecified atom stereocenters. The van der Waals surface area contributed by atoms with E-state index in [-0.39, 0.29) is 18.8 Å². The number of ketones is 1. The number of carbonyl (C=O) groups excluding carboxylic acids is 2. The van der Waals surface area contributed by atoms with Gasteiger partial charge in [0.05, 0.1) is 0 Å². The lowest BCUT2D eigenvalue weighted by Gasteiger charge is -2.02. The average Bonchev–Trinajstić information content (AvgIpc) is 2.37. The molecule has 1 aromatic rings. The minimum atomic E-state index is -0.471. The third-order valence-corrected chi connectivity index (χ3v) is 2.50. The largest absolute Gasteiger partial charge is 0.460 e. The SMILES string of the molecule is CC(=O)CC(=O)OCc1ccccc1.CCCC(C)C. The zero-order valence-corrected chi connectivity index (χ0v) is 13.0. The standard InChI is InChI=1S/C11H12O3.C6H14/c1-9(12)7-11(13)14-8-10-5-3-2-4-6-10;1-4-5-6(2)3/h2-6H,7-8H2,1H3;6H,4-5H2,1-3H3. The molecule has 0 radical (unpaired) electrons. The van der Waals surface area contributed by atoms with Crippen LogP contribution in [-0.4, -0.2) is 11.8 Å². The molecule has 0 heterocycles. The summed E-state index contributed by atoms with van der Waals surface area (Å²) in [4.78, 5) is 21.5. The highest BCUT2D eigenvalue weighted by atomic mass is 16.5. The summed E-state index contributed by atoms with van der Waals surface area (Å²) in [5.74, 6) is 0.249. The van der Waals surface area contributed by atoms with Gasteiger partial charge in [-0.25, -0.2) is 0 Å². The van der Waals surface area contributed by atoms with E-state index in [1.807, 2.05) is 30.3 Å². The fraction of sp³-hybridized carbons (Fsp3) is 0.529. The van der Waals surface area contributed by atoms with E-state index in [0.29, 0.717) is 0 Å². The van der Waals surface area contributed by atoms with Crippen LogP contribution in [0.25, 0.3) is 0 Å². The lowest BCUT2D eigenvalue weighted by atomic mass is 10.1. The molecule has 1 aromatic carbocycles. The van der Waals surface area contributed by atoms with Crippen molar-refractivity contribution in [2.75, 3.05) is 0 Å². The van der Waals surface area contributed by atoms with E-state index in [1.165, 1.54) is 19.8 Å². The first-order chi connectivity index (χ1) is 9.45. The zero-order valence-electron chi connectivity index (χ0n) is 13.0. The molecule has 112 valence electrons. The first kappa shape index (κ1) is 18.4. The maximum Gasteiger partial charge on any atom is 0.313 e. The van der Waals surface area contributed by atoms with E-state index in [1.54, 1.807) is 0 Å². The summed E-state index contributed by atoms with van der Waals surface area (Å²) in [6.07, 6.45) is 2.56. The molecular formula is C17H26O3. The van der Waals surface area contributed by atoms with Crippen molar-refractivity contribution in [2.45, 2.75) is 53.6 Å². The van der Waals surface area contributed by atoms with E-state index >= 15 is 0 Å². The Morgan fingerprint density at radius 2 is 1.75 bits per heavy atom. The van der Waals surface area contributed by atoms with Gasteiger partial charge in [0.25, 0.3) is 0 Å². The van der Waals surface area contributed by atoms with Gasteiger partial charge in [0.1, 0.15) is 18.8 Å². The Morgan fingerprint density at radius 3 is 2.15 bits per heavy atom. The average molecular weight is 278 g/mol. The van der Waals surface area contributed by atoms with Crippen molar-refractivity contribution in [3.63, 3.8) is 0 Å². The second-order valence-electron chi connectivity index (χ2n) is 5.21. The van der Waals surface area contributed by atoms with Gasteiger partial charge in [-0.05, 0) is 18.4 Å². The minimum absolute atomic E-state index is 0.146. The van der Waals surface area contributed by atoms with Crippen LogP contribution >= 0.6 is 0 Å². The Bertz CT molecular complexity index is 382. The number of ether oxygens (including phenoxy) is 1. The Balaban J connectivity index is 0.000000511. The molecule has 0 saturated heterocycles. The van der Waals surface area contributed by atoms with E-state index in [2.05, 4.69) is 20.8 Å². The van der Waals surface area contributed by atoms with E-state index in [4.69, 9.17) is 4.74 Å². The molecule has 0 aromatic heterocycles. The number of Topliss-reactive ketones (excluding diaryl/α,β-unsaturated/α-hetero) is 1. The lowest BCUT2D eigenvalue weighted by molar-refractivity contribution is -0.146. The van der Waals surface area contributed by atoms with Crippen LogP contribution < -0.4 is 0 Å². The summed E-state index contributed by atoms with van der Waals surface area (Å²) in [7, 11) is 0. The van der Waals surface area contributed by atoms with Crippen LogP contribution in [0.15, 0.2) is 30.3 Å². The molecule has 3 heteroatoms. The summed E-state index contributed by atoms with van der Waals surface area (Å²) in [5.41, 5.74) is 0.921. The third kappa shape index (κ3) is 11.5. The van der Waals surface area contributed by atoms with Crippen molar-refractivity contribution in [2.24, 2.45) is 5.92 Å². The quantitative estimate of drug-likeness (QED) is 0.580. The summed E-state index contributed by atoms with van der Waals surface area (Å²) in [6.45, 7) is 8.32. The zero-order chi connectivity index (χ0) is 15.4. The van der Waals surface area contributed by atoms with Crippen molar-refractivity contribution < 1.29 is 14.3 Å². The van der Waals surface area contributed by atoms with Gasteiger partial charge < -0.3 is 4.74 Å². The molecular weight excluding hydrogens is 252 g/mol. The normalized spacial score (nSPS) is 9.65. The highest BCUT2D eigenvalue weighted by Gasteiger charge is 2.05. The Labute approximate surface area is 122 Å². The molecule has 0 aliphatic rings. The number of carbonyl (C=O) groups is 2. The Hall–Kier alpha value is -1.64. The molecule has 0 aliphatic carbocycles. The Morgan fingerprint density at radius 1 is 1.15 bits per heavy atom. The first-order valence-corrected chi connectivity index (χ1v) is 7.14. The van der Waals surface area contributed by atoms with Crippen molar-refractivity contribution in [1.29, 1.82) is 0 Å². The van der Waals surface area contributed by atoms with Gasteiger partial charge >= 0.3 is 5.97 Å². The predicted molar refractivity (Wildman–Crippen MR) is 81.3 cm³/mol. The minimum Gasteiger partial charge on any atom is -0.460 e. The second kappa shape index (κ2) is 11.2. The van der Waals surface area contributed by atoms with E-state index < -0.39 is 5.97 Å². The predicted octanol–water partition coefficient (Wildman–Crippen LogP) is 4.15. The molecule has 0 fully saturated rings. The third-order valence-electron chi connectivity index (χ3n) is 2.50. The van der Waals surface area contributed by atoms with Gasteiger partial charge in [-0.3, -0.25) is 9.59 Å². The molecule has 0 aliphatic heterocycles. The van der Waals surface area contributed by atoms with Gasteiger partial charge in [0.2, 0.25) is 0 Å². The van der Waals surface area contributed by atoms with Crippen LogP contribution in [0.3, 0.4) is 0 Å². The number of hydrogen-bond donors (Lipinski definition) is 0. The number of rotatable bonds is 6. The molecule has 0 saturated carbocycles. The van der Waals surface area contributed by atoms with Crippen molar-refractivity contribution in [1.82, 2.24) is 0 Å². The summed E-state index contributed by atoms with van der Waals surface area (Å²) in [5, 5.41) is 0. The molecule has 0 N–H and O–H groups in total. The molecule has 0 atom stereocenters. The topological polar surface area (TPSA) is 43.4 Å². The monoisotopic (exact) mass is 278 g/mol. The molecule has 20 heavy (non-hydrogen) atoms. The van der Waals surface area contributed by atoms with Crippen LogP contribution in [0.2, 0.25) is 0 Å². The van der Waals surface area contributed by atoms with E-state index in [9.17, 15) is 9.59 Å². The highest BCUT2D eigenvalue weighted by molar-refractivity contribution is 5.94. The van der Waals surface area contributed by atoms with Gasteiger partial charge in [-0.1, -0.05) is 63.9 Å².